The first-order chi connectivity index (χ1) is 23.6. The maximum absolute atomic E-state index is 14.3. The van der Waals surface area contributed by atoms with Gasteiger partial charge in [0.15, 0.2) is 6.54 Å². The number of hydroxylamine groups is 2. The second kappa shape index (κ2) is 14.6. The summed E-state index contributed by atoms with van der Waals surface area (Å²) in [4.78, 5) is 56.2. The number of amides is 2. The van der Waals surface area contributed by atoms with Crippen LogP contribution in [0.3, 0.4) is 0 Å². The SMILES string of the molecule is CCCC[N+](C)(C)Cc1ccc2c(c1)c(C(=O)Oc1c(C)cc(C(=O)ON3C(=O)CCC3=O)cc1C)c1ccccc1[n+]2CCCS(=O)(=O)O. The number of aryl methyl sites for hydroxylation is 3. The molecule has 1 aromatic heterocycles. The number of hydrogen-bond donors (Lipinski definition) is 1. The normalized spacial score (nSPS) is 13.8. The fourth-order valence-corrected chi connectivity index (χ4v) is 7.00. The van der Waals surface area contributed by atoms with Crippen molar-refractivity contribution in [1.29, 1.82) is 0 Å². The molecule has 1 N–H and O–H groups in total. The Balaban J connectivity index is 1.57. The van der Waals surface area contributed by atoms with Gasteiger partial charge in [-0.3, -0.25) is 14.1 Å². The topological polar surface area (TPSA) is 148 Å². The lowest BCUT2D eigenvalue weighted by Crippen LogP contribution is -2.40. The number of benzene rings is 3. The van der Waals surface area contributed by atoms with Crippen LogP contribution in [0.4, 0.5) is 0 Å². The number of unbranched alkanes of at least 4 members (excludes halogenated alkanes) is 1. The molecule has 4 aromatic rings. The highest BCUT2D eigenvalue weighted by molar-refractivity contribution is 7.85. The Morgan fingerprint density at radius 3 is 2.18 bits per heavy atom. The van der Waals surface area contributed by atoms with Gasteiger partial charge < -0.3 is 14.1 Å². The van der Waals surface area contributed by atoms with Gasteiger partial charge in [-0.1, -0.05) is 25.5 Å². The Kier molecular flexibility index (Phi) is 10.7. The van der Waals surface area contributed by atoms with Gasteiger partial charge in [-0.25, -0.2) is 9.59 Å². The monoisotopic (exact) mass is 705 g/mol. The van der Waals surface area contributed by atoms with Crippen molar-refractivity contribution >= 4 is 55.7 Å². The van der Waals surface area contributed by atoms with E-state index in [-0.39, 0.29) is 37.1 Å². The van der Waals surface area contributed by atoms with Crippen molar-refractivity contribution in [2.75, 3.05) is 26.4 Å². The highest BCUT2D eigenvalue weighted by Gasteiger charge is 2.34. The highest BCUT2D eigenvalue weighted by atomic mass is 32.2. The van der Waals surface area contributed by atoms with Crippen LogP contribution in [0.5, 0.6) is 5.75 Å². The molecule has 1 aliphatic rings. The van der Waals surface area contributed by atoms with E-state index in [0.29, 0.717) is 50.1 Å². The second-order valence-corrected chi connectivity index (χ2v) is 15.1. The average Bonchev–Trinajstić information content (AvgIpc) is 3.36. The van der Waals surface area contributed by atoms with Gasteiger partial charge >= 0.3 is 11.9 Å². The Morgan fingerprint density at radius 1 is 0.900 bits per heavy atom. The molecular weight excluding hydrogens is 662 g/mol. The smallest absolute Gasteiger partial charge is 0.363 e. The number of quaternary nitrogens is 1. The zero-order valence-corrected chi connectivity index (χ0v) is 29.8. The molecule has 0 radical (unpaired) electrons. The average molecular weight is 706 g/mol. The first kappa shape index (κ1) is 36.6. The van der Waals surface area contributed by atoms with Crippen LogP contribution in [0.25, 0.3) is 21.8 Å². The van der Waals surface area contributed by atoms with Gasteiger partial charge in [-0.05, 0) is 61.7 Å². The van der Waals surface area contributed by atoms with E-state index >= 15 is 0 Å². The van der Waals surface area contributed by atoms with E-state index in [2.05, 4.69) is 21.0 Å². The number of nitrogens with zero attached hydrogens (tertiary/aromatic N) is 3. The van der Waals surface area contributed by atoms with Crippen molar-refractivity contribution in [1.82, 2.24) is 5.06 Å². The summed E-state index contributed by atoms with van der Waals surface area (Å²) in [5.41, 5.74) is 3.74. The molecule has 5 rings (SSSR count). The zero-order valence-electron chi connectivity index (χ0n) is 29.0. The van der Waals surface area contributed by atoms with Crippen LogP contribution in [0, 0.1) is 13.8 Å². The van der Waals surface area contributed by atoms with Crippen molar-refractivity contribution in [2.24, 2.45) is 0 Å². The Hall–Kier alpha value is -4.72. The molecule has 2 amide bonds. The van der Waals surface area contributed by atoms with Crippen LogP contribution in [0.1, 0.15) is 76.4 Å². The van der Waals surface area contributed by atoms with E-state index in [0.717, 1.165) is 29.4 Å². The van der Waals surface area contributed by atoms with Gasteiger partial charge in [-0.15, -0.1) is 5.06 Å². The summed E-state index contributed by atoms with van der Waals surface area (Å²) in [6.45, 7) is 7.47. The lowest BCUT2D eigenvalue weighted by atomic mass is 9.99. The number of carbonyl (C=O) groups is 4. The standard InChI is InChI=1S/C37H42N3O9S/c1-6-7-18-40(4,5)23-26-13-14-31-29(22-26)34(28-11-8-9-12-30(28)38(31)17-10-19-50(45,46)47)37(44)48-35-24(2)20-27(21-25(35)3)36(43)49-39-32(41)15-16-33(39)42/h8-9,11-14,20-22H,6-7,10,15-19,23H2,1-5H3/q+1/p+1. The summed E-state index contributed by atoms with van der Waals surface area (Å²) in [5.74, 6) is -2.84. The summed E-state index contributed by atoms with van der Waals surface area (Å²) in [6, 6.07) is 16.2. The third-order valence-electron chi connectivity index (χ3n) is 8.87. The lowest BCUT2D eigenvalue weighted by molar-refractivity contribution is -0.903. The number of para-hydroxylation sites is 1. The van der Waals surface area contributed by atoms with Crippen LogP contribution in [0.15, 0.2) is 54.6 Å². The number of fused-ring (bicyclic) bond motifs is 2. The molecule has 0 unspecified atom stereocenters. The largest absolute Gasteiger partial charge is 0.422 e. The highest BCUT2D eigenvalue weighted by Crippen LogP contribution is 2.31. The maximum Gasteiger partial charge on any atom is 0.363 e. The molecule has 1 fully saturated rings. The molecule has 1 saturated heterocycles. The second-order valence-electron chi connectivity index (χ2n) is 13.5. The van der Waals surface area contributed by atoms with E-state index in [9.17, 15) is 32.1 Å². The lowest BCUT2D eigenvalue weighted by Gasteiger charge is -2.30. The molecular formula is C37H43N3O9S+2. The van der Waals surface area contributed by atoms with Crippen molar-refractivity contribution in [3.8, 4) is 5.75 Å². The predicted octanol–water partition coefficient (Wildman–Crippen LogP) is 4.99. The van der Waals surface area contributed by atoms with Gasteiger partial charge in [0.2, 0.25) is 11.0 Å². The number of carbonyl (C=O) groups excluding carboxylic acids is 4. The number of rotatable bonds is 13. The van der Waals surface area contributed by atoms with Crippen LogP contribution in [0.2, 0.25) is 0 Å². The minimum Gasteiger partial charge on any atom is -0.422 e. The van der Waals surface area contributed by atoms with E-state index < -0.39 is 39.6 Å². The summed E-state index contributed by atoms with van der Waals surface area (Å²) in [6.07, 6.45) is 2.25. The Morgan fingerprint density at radius 2 is 1.54 bits per heavy atom. The molecule has 0 atom stereocenters. The molecule has 0 spiro atoms. The Labute approximate surface area is 291 Å². The molecule has 264 valence electrons. The van der Waals surface area contributed by atoms with E-state index in [4.69, 9.17) is 9.57 Å². The molecule has 12 nitrogen and oxygen atoms in total. The third kappa shape index (κ3) is 8.18. The maximum atomic E-state index is 14.3. The summed E-state index contributed by atoms with van der Waals surface area (Å²) in [7, 11) is 0.157. The van der Waals surface area contributed by atoms with Gasteiger partial charge in [0.05, 0.1) is 48.3 Å². The fraction of sp³-hybridized carbons (Fsp3) is 0.378. The fourth-order valence-electron chi connectivity index (χ4n) is 6.50. The molecule has 0 bridgehead atoms. The summed E-state index contributed by atoms with van der Waals surface area (Å²) in [5, 5.41) is 1.72. The summed E-state index contributed by atoms with van der Waals surface area (Å²) >= 11 is 0. The van der Waals surface area contributed by atoms with Crippen LogP contribution in [-0.2, 0) is 37.6 Å². The first-order valence-corrected chi connectivity index (χ1v) is 18.3. The molecule has 2 heterocycles. The molecule has 3 aromatic carbocycles. The molecule has 13 heteroatoms. The third-order valence-corrected chi connectivity index (χ3v) is 9.68. The number of hydrogen-bond acceptors (Lipinski definition) is 8. The van der Waals surface area contributed by atoms with E-state index in [1.54, 1.807) is 13.8 Å². The van der Waals surface area contributed by atoms with Crippen LogP contribution in [-0.4, -0.2) is 72.7 Å². The number of imide groups is 1. The molecule has 1 aliphatic heterocycles. The number of esters is 1. The van der Waals surface area contributed by atoms with Crippen molar-refractivity contribution in [2.45, 2.75) is 66.0 Å². The van der Waals surface area contributed by atoms with E-state index in [1.165, 1.54) is 12.1 Å². The predicted molar refractivity (Wildman–Crippen MR) is 186 cm³/mol. The van der Waals surface area contributed by atoms with Gasteiger partial charge in [-0.2, -0.15) is 13.0 Å². The number of aromatic nitrogens is 1. The molecule has 0 aliphatic carbocycles. The van der Waals surface area contributed by atoms with Crippen molar-refractivity contribution in [3.05, 3.63) is 82.4 Å². The van der Waals surface area contributed by atoms with Crippen LogP contribution >= 0.6 is 0 Å². The summed E-state index contributed by atoms with van der Waals surface area (Å²) < 4.78 is 41.3. The van der Waals surface area contributed by atoms with Crippen molar-refractivity contribution in [3.63, 3.8) is 0 Å². The van der Waals surface area contributed by atoms with Crippen LogP contribution < -0.4 is 9.30 Å². The number of pyridine rings is 1. The number of ether oxygens (including phenoxy) is 1. The van der Waals surface area contributed by atoms with Crippen molar-refractivity contribution < 1.29 is 50.8 Å². The first-order valence-electron chi connectivity index (χ1n) is 16.6. The van der Waals surface area contributed by atoms with E-state index in [1.807, 2.05) is 47.0 Å². The minimum absolute atomic E-state index is 0.0241. The minimum atomic E-state index is -4.17. The zero-order chi connectivity index (χ0) is 36.4. The Bertz CT molecular complexity index is 2090. The van der Waals surface area contributed by atoms with Gasteiger partial charge in [0, 0.05) is 37.0 Å². The quantitative estimate of drug-likeness (QED) is 0.0386. The van der Waals surface area contributed by atoms with Gasteiger partial charge in [0.1, 0.15) is 12.3 Å². The molecule has 0 saturated carbocycles. The molecule has 50 heavy (non-hydrogen) atoms. The van der Waals surface area contributed by atoms with Gasteiger partial charge in [0.25, 0.3) is 21.9 Å².